The zero-order valence-corrected chi connectivity index (χ0v) is 25.4. The first-order chi connectivity index (χ1) is 18.2. The van der Waals surface area contributed by atoms with Crippen LogP contribution in [0.25, 0.3) is 0 Å². The van der Waals surface area contributed by atoms with Crippen LogP contribution in [0.1, 0.15) is 85.5 Å². The van der Waals surface area contributed by atoms with Crippen molar-refractivity contribution in [2.75, 3.05) is 19.6 Å². The van der Waals surface area contributed by atoms with Crippen LogP contribution < -0.4 is 10.6 Å². The first kappa shape index (κ1) is 29.2. The van der Waals surface area contributed by atoms with Crippen LogP contribution in [0.3, 0.4) is 0 Å². The maximum Gasteiger partial charge on any atom is 0.197 e. The van der Waals surface area contributed by atoms with Gasteiger partial charge in [-0.1, -0.05) is 38.8 Å². The second kappa shape index (κ2) is 12.3. The lowest BCUT2D eigenvalue weighted by Gasteiger charge is -2.43. The van der Waals surface area contributed by atoms with Gasteiger partial charge in [-0.3, -0.25) is 5.32 Å². The summed E-state index contributed by atoms with van der Waals surface area (Å²) in [6.45, 7) is 12.2. The molecule has 0 bridgehead atoms. The molecule has 5 aliphatic rings. The van der Waals surface area contributed by atoms with Crippen molar-refractivity contribution in [3.05, 3.63) is 11.8 Å². The van der Waals surface area contributed by atoms with Crippen molar-refractivity contribution < 1.29 is 13.8 Å². The third kappa shape index (κ3) is 5.86. The predicted octanol–water partition coefficient (Wildman–Crippen LogP) is 6.63. The quantitative estimate of drug-likeness (QED) is 0.278. The molecule has 11 atom stereocenters. The SMILES string of the molecule is CCCC1CC(Cl)C(C2NC3C(CC(C4=C[N+](C5CCNCC5)=NC4)CC(C)CC3(C)CC)O2)C(Cl)C1F. The topological polar surface area (TPSA) is 48.7 Å². The maximum atomic E-state index is 15.4. The summed E-state index contributed by atoms with van der Waals surface area (Å²) in [7, 11) is 0. The number of hydrogen-bond acceptors (Lipinski definition) is 4. The van der Waals surface area contributed by atoms with Gasteiger partial charge in [0, 0.05) is 48.8 Å². The molecule has 0 radical (unpaired) electrons. The van der Waals surface area contributed by atoms with Gasteiger partial charge in [-0.2, -0.15) is 0 Å². The Balaban J connectivity index is 1.35. The third-order valence-corrected chi connectivity index (χ3v) is 11.6. The molecule has 0 aromatic rings. The largest absolute Gasteiger partial charge is 0.358 e. The summed E-state index contributed by atoms with van der Waals surface area (Å²) in [6, 6.07) is 0.726. The second-order valence-corrected chi connectivity index (χ2v) is 14.4. The Kier molecular flexibility index (Phi) is 9.47. The van der Waals surface area contributed by atoms with Gasteiger partial charge in [0.2, 0.25) is 0 Å². The monoisotopic (exact) mass is 571 g/mol. The summed E-state index contributed by atoms with van der Waals surface area (Å²) >= 11 is 13.8. The third-order valence-electron chi connectivity index (χ3n) is 10.6. The first-order valence-electron chi connectivity index (χ1n) is 15.4. The molecule has 4 fully saturated rings. The smallest absolute Gasteiger partial charge is 0.197 e. The van der Waals surface area contributed by atoms with E-state index in [2.05, 4.69) is 49.2 Å². The molecular formula is C30H50Cl2FN4O+. The summed E-state index contributed by atoms with van der Waals surface area (Å²) in [5, 5.41) is 11.5. The minimum absolute atomic E-state index is 0.0524. The number of hydrogen-bond donors (Lipinski definition) is 2. The molecule has 216 valence electrons. The molecule has 5 nitrogen and oxygen atoms in total. The van der Waals surface area contributed by atoms with Gasteiger partial charge >= 0.3 is 0 Å². The van der Waals surface area contributed by atoms with E-state index in [0.717, 1.165) is 64.6 Å². The molecule has 2 aliphatic carbocycles. The van der Waals surface area contributed by atoms with Gasteiger partial charge in [0.25, 0.3) is 0 Å². The van der Waals surface area contributed by atoms with Crippen molar-refractivity contribution in [1.29, 1.82) is 0 Å². The highest BCUT2D eigenvalue weighted by Gasteiger charge is 2.54. The van der Waals surface area contributed by atoms with E-state index in [1.807, 2.05) is 0 Å². The number of rotatable bonds is 6. The van der Waals surface area contributed by atoms with E-state index in [9.17, 15) is 0 Å². The number of halogens is 3. The van der Waals surface area contributed by atoms with Crippen molar-refractivity contribution >= 4 is 23.2 Å². The lowest BCUT2D eigenvalue weighted by molar-refractivity contribution is -0.565. The fraction of sp³-hybridized carbons (Fsp3) is 0.933. The van der Waals surface area contributed by atoms with E-state index in [-0.39, 0.29) is 41.0 Å². The Morgan fingerprint density at radius 1 is 1.18 bits per heavy atom. The average Bonchev–Trinajstić information content (AvgIpc) is 3.55. The molecule has 2 saturated heterocycles. The van der Waals surface area contributed by atoms with Crippen LogP contribution in [0.2, 0.25) is 0 Å². The summed E-state index contributed by atoms with van der Waals surface area (Å²) in [5.74, 6) is 0.774. The molecule has 11 unspecified atom stereocenters. The Morgan fingerprint density at radius 2 is 1.95 bits per heavy atom. The number of ether oxygens (including phenoxy) is 1. The van der Waals surface area contributed by atoms with Gasteiger partial charge in [-0.15, -0.1) is 23.2 Å². The number of fused-ring (bicyclic) bond motifs is 1. The van der Waals surface area contributed by atoms with Gasteiger partial charge in [0.1, 0.15) is 18.9 Å². The average molecular weight is 573 g/mol. The van der Waals surface area contributed by atoms with Crippen LogP contribution >= 0.6 is 23.2 Å². The van der Waals surface area contributed by atoms with E-state index < -0.39 is 11.5 Å². The van der Waals surface area contributed by atoms with Gasteiger partial charge in [0.05, 0.1) is 11.5 Å². The summed E-state index contributed by atoms with van der Waals surface area (Å²) in [4.78, 5) is 0. The predicted molar refractivity (Wildman–Crippen MR) is 153 cm³/mol. The zero-order valence-electron chi connectivity index (χ0n) is 23.9. The van der Waals surface area contributed by atoms with Gasteiger partial charge in [0.15, 0.2) is 12.2 Å². The molecule has 0 aromatic heterocycles. The number of nitrogens with one attached hydrogen (secondary N) is 2. The fourth-order valence-electron chi connectivity index (χ4n) is 8.36. The molecule has 38 heavy (non-hydrogen) atoms. The normalized spacial score (nSPS) is 46.7. The lowest BCUT2D eigenvalue weighted by atomic mass is 9.66. The van der Waals surface area contributed by atoms with Crippen molar-refractivity contribution in [1.82, 2.24) is 10.6 Å². The van der Waals surface area contributed by atoms with Crippen molar-refractivity contribution in [3.8, 4) is 0 Å². The van der Waals surface area contributed by atoms with Gasteiger partial charge in [-0.05, 0) is 66.8 Å². The highest BCUT2D eigenvalue weighted by atomic mass is 35.5. The minimum Gasteiger partial charge on any atom is -0.358 e. The molecule has 8 heteroatoms. The van der Waals surface area contributed by atoms with E-state index in [1.54, 1.807) is 0 Å². The molecular weight excluding hydrogens is 522 g/mol. The molecule has 2 N–H and O–H groups in total. The molecule has 2 saturated carbocycles. The van der Waals surface area contributed by atoms with Crippen LogP contribution in [0.5, 0.6) is 0 Å². The lowest BCUT2D eigenvalue weighted by Crippen LogP contribution is -2.54. The number of piperidine rings is 1. The van der Waals surface area contributed by atoms with Crippen molar-refractivity contribution in [2.45, 2.75) is 127 Å². The summed E-state index contributed by atoms with van der Waals surface area (Å²) in [6.07, 6.45) is 10.2. The van der Waals surface area contributed by atoms with Crippen LogP contribution in [0, 0.1) is 29.1 Å². The molecule has 3 heterocycles. The number of nitrogens with zero attached hydrogens (tertiary/aromatic N) is 2. The van der Waals surface area contributed by atoms with Crippen molar-refractivity contribution in [3.63, 3.8) is 0 Å². The van der Waals surface area contributed by atoms with E-state index in [4.69, 9.17) is 33.1 Å². The van der Waals surface area contributed by atoms with Crippen LogP contribution in [0.4, 0.5) is 4.39 Å². The Morgan fingerprint density at radius 3 is 2.66 bits per heavy atom. The number of alkyl halides is 3. The molecule has 3 aliphatic heterocycles. The van der Waals surface area contributed by atoms with E-state index >= 15 is 4.39 Å². The molecule has 5 rings (SSSR count). The van der Waals surface area contributed by atoms with Crippen molar-refractivity contribution in [2.24, 2.45) is 34.2 Å². The van der Waals surface area contributed by atoms with Crippen LogP contribution in [-0.2, 0) is 4.74 Å². The molecule has 0 spiro atoms. The van der Waals surface area contributed by atoms with Gasteiger partial charge < -0.3 is 10.1 Å². The Bertz CT molecular complexity index is 882. The van der Waals surface area contributed by atoms with E-state index in [0.29, 0.717) is 24.3 Å². The first-order valence-corrected chi connectivity index (χ1v) is 16.3. The second-order valence-electron chi connectivity index (χ2n) is 13.4. The standard InChI is InChI=1S/C30H50Cl2FN4O/c1-5-7-19-13-23(31)25(26(32)27(19)33)29-36-28-24(38-29)14-20(12-18(3)15-30(28,4)6-2)21-16-35-37(17-21)22-8-10-34-11-9-22/h17-20,22-29,34,36H,5-16H2,1-4H3/q+1. The molecule has 0 amide bonds. The Labute approximate surface area is 239 Å². The summed E-state index contributed by atoms with van der Waals surface area (Å²) in [5.41, 5.74) is 1.56. The van der Waals surface area contributed by atoms with Gasteiger partial charge in [-0.25, -0.2) is 4.39 Å². The minimum atomic E-state index is -1.04. The highest BCUT2D eigenvalue weighted by molar-refractivity contribution is 6.24. The zero-order chi connectivity index (χ0) is 27.0. The summed E-state index contributed by atoms with van der Waals surface area (Å²) < 4.78 is 24.6. The fourth-order valence-corrected chi connectivity index (χ4v) is 9.47. The van der Waals surface area contributed by atoms with E-state index in [1.165, 1.54) is 12.0 Å². The van der Waals surface area contributed by atoms with Crippen LogP contribution in [0.15, 0.2) is 16.9 Å². The maximum absolute atomic E-state index is 15.4. The highest BCUT2D eigenvalue weighted by Crippen LogP contribution is 2.49. The Hall–Kier alpha value is -0.270. The number of azo groups is 2. The molecule has 0 aromatic carbocycles. The van der Waals surface area contributed by atoms with Crippen LogP contribution in [-0.4, -0.2) is 65.7 Å².